The summed E-state index contributed by atoms with van der Waals surface area (Å²) in [5.74, 6) is 0.857. The van der Waals surface area contributed by atoms with Gasteiger partial charge in [0.2, 0.25) is 0 Å². The first kappa shape index (κ1) is 18.5. The van der Waals surface area contributed by atoms with Gasteiger partial charge in [-0.25, -0.2) is 19.9 Å². The fourth-order valence-corrected chi connectivity index (χ4v) is 4.06. The molecule has 6 heteroatoms. The molecule has 1 aromatic carbocycles. The van der Waals surface area contributed by atoms with Gasteiger partial charge in [0.1, 0.15) is 5.82 Å². The summed E-state index contributed by atoms with van der Waals surface area (Å²) < 4.78 is 2.22. The van der Waals surface area contributed by atoms with Gasteiger partial charge in [-0.1, -0.05) is 37.3 Å². The lowest BCUT2D eigenvalue weighted by Crippen LogP contribution is -2.02. The van der Waals surface area contributed by atoms with Gasteiger partial charge < -0.3 is 4.57 Å². The average Bonchev–Trinajstić information content (AvgIpc) is 3.35. The molecule has 5 nitrogen and oxygen atoms in total. The topological polar surface area (TPSA) is 56.5 Å². The fraction of sp³-hybridized carbons (Fsp3) is 0.273. The summed E-state index contributed by atoms with van der Waals surface area (Å²) in [6.07, 6.45) is 8.57. The summed E-state index contributed by atoms with van der Waals surface area (Å²) in [5, 5.41) is 3.30. The minimum Gasteiger partial charge on any atom is -0.330 e. The van der Waals surface area contributed by atoms with Crippen molar-refractivity contribution in [2.75, 3.05) is 0 Å². The maximum absolute atomic E-state index is 4.73. The Labute approximate surface area is 169 Å². The second kappa shape index (κ2) is 8.44. The third-order valence-electron chi connectivity index (χ3n) is 4.64. The molecule has 4 aromatic rings. The Hall–Kier alpha value is -2.86. The molecule has 0 radical (unpaired) electrons. The first-order chi connectivity index (χ1) is 13.7. The number of aryl methyl sites for hydroxylation is 4. The van der Waals surface area contributed by atoms with E-state index in [0.717, 1.165) is 59.8 Å². The third-order valence-corrected chi connectivity index (χ3v) is 5.66. The van der Waals surface area contributed by atoms with Crippen LogP contribution < -0.4 is 0 Å². The normalized spacial score (nSPS) is 11.1. The summed E-state index contributed by atoms with van der Waals surface area (Å²) in [7, 11) is 0. The van der Waals surface area contributed by atoms with E-state index in [1.54, 1.807) is 11.3 Å². The van der Waals surface area contributed by atoms with E-state index in [9.17, 15) is 0 Å². The van der Waals surface area contributed by atoms with Gasteiger partial charge in [-0.05, 0) is 13.3 Å². The molecule has 0 aliphatic rings. The molecule has 0 spiro atoms. The van der Waals surface area contributed by atoms with Gasteiger partial charge in [0.25, 0.3) is 0 Å². The zero-order valence-electron chi connectivity index (χ0n) is 16.2. The second-order valence-corrected chi connectivity index (χ2v) is 7.67. The molecule has 142 valence electrons. The zero-order chi connectivity index (χ0) is 19.3. The molecule has 3 heterocycles. The molecule has 4 rings (SSSR count). The summed E-state index contributed by atoms with van der Waals surface area (Å²) in [4.78, 5) is 18.3. The van der Waals surface area contributed by atoms with Crippen LogP contribution >= 0.6 is 11.3 Å². The third kappa shape index (κ3) is 4.02. The maximum Gasteiger partial charge on any atom is 0.127 e. The van der Waals surface area contributed by atoms with Gasteiger partial charge in [0, 0.05) is 54.0 Å². The predicted octanol–water partition coefficient (Wildman–Crippen LogP) is 4.97. The van der Waals surface area contributed by atoms with Crippen molar-refractivity contribution in [1.29, 1.82) is 0 Å². The van der Waals surface area contributed by atoms with Crippen LogP contribution in [-0.4, -0.2) is 24.5 Å². The number of thiazole rings is 1. The van der Waals surface area contributed by atoms with Crippen molar-refractivity contribution >= 4 is 11.3 Å². The quantitative estimate of drug-likeness (QED) is 0.448. The van der Waals surface area contributed by atoms with Crippen LogP contribution in [0.3, 0.4) is 0 Å². The van der Waals surface area contributed by atoms with E-state index in [1.165, 1.54) is 5.01 Å². The van der Waals surface area contributed by atoms with Crippen molar-refractivity contribution in [2.45, 2.75) is 39.7 Å². The molecule has 0 atom stereocenters. The van der Waals surface area contributed by atoms with Crippen LogP contribution in [-0.2, 0) is 19.4 Å². The number of aromatic nitrogens is 5. The highest BCUT2D eigenvalue weighted by molar-refractivity contribution is 7.09. The van der Waals surface area contributed by atoms with Gasteiger partial charge in [0.15, 0.2) is 0 Å². The van der Waals surface area contributed by atoms with Gasteiger partial charge >= 0.3 is 0 Å². The van der Waals surface area contributed by atoms with Crippen LogP contribution in [0.2, 0.25) is 0 Å². The van der Waals surface area contributed by atoms with E-state index in [0.29, 0.717) is 0 Å². The van der Waals surface area contributed by atoms with Crippen molar-refractivity contribution in [3.8, 4) is 22.5 Å². The highest BCUT2D eigenvalue weighted by Crippen LogP contribution is 2.31. The van der Waals surface area contributed by atoms with E-state index in [4.69, 9.17) is 4.98 Å². The maximum atomic E-state index is 4.73. The Morgan fingerprint density at radius 3 is 2.46 bits per heavy atom. The van der Waals surface area contributed by atoms with E-state index in [2.05, 4.69) is 44.0 Å². The summed E-state index contributed by atoms with van der Waals surface area (Å²) in [5.41, 5.74) is 5.25. The molecule has 0 fully saturated rings. The summed E-state index contributed by atoms with van der Waals surface area (Å²) >= 11 is 1.74. The largest absolute Gasteiger partial charge is 0.330 e. The zero-order valence-corrected chi connectivity index (χ0v) is 17.0. The molecule has 28 heavy (non-hydrogen) atoms. The lowest BCUT2D eigenvalue weighted by molar-refractivity contribution is 0.644. The Balaban J connectivity index is 1.64. The molecular weight excluding hydrogens is 366 g/mol. The molecule has 0 bridgehead atoms. The van der Waals surface area contributed by atoms with Crippen LogP contribution in [0.4, 0.5) is 0 Å². The van der Waals surface area contributed by atoms with Crippen molar-refractivity contribution < 1.29 is 0 Å². The fourth-order valence-electron chi connectivity index (χ4n) is 3.24. The molecule has 0 N–H and O–H groups in total. The number of rotatable bonds is 7. The van der Waals surface area contributed by atoms with Crippen molar-refractivity contribution in [3.05, 3.63) is 71.0 Å². The van der Waals surface area contributed by atoms with Crippen LogP contribution in [0.5, 0.6) is 0 Å². The number of benzene rings is 1. The highest BCUT2D eigenvalue weighted by Gasteiger charge is 2.16. The Morgan fingerprint density at radius 1 is 1.00 bits per heavy atom. The molecule has 0 aliphatic heterocycles. The van der Waals surface area contributed by atoms with Crippen molar-refractivity contribution in [2.24, 2.45) is 0 Å². The lowest BCUT2D eigenvalue weighted by Gasteiger charge is -2.10. The average molecular weight is 390 g/mol. The first-order valence-electron chi connectivity index (χ1n) is 9.57. The molecule has 0 saturated carbocycles. The van der Waals surface area contributed by atoms with Gasteiger partial charge in [-0.3, -0.25) is 0 Å². The van der Waals surface area contributed by atoms with Crippen molar-refractivity contribution in [3.63, 3.8) is 0 Å². The van der Waals surface area contributed by atoms with Crippen LogP contribution in [0.1, 0.15) is 29.9 Å². The molecule has 0 aliphatic carbocycles. The summed E-state index contributed by atoms with van der Waals surface area (Å²) in [6, 6.07) is 10.3. The predicted molar refractivity (Wildman–Crippen MR) is 113 cm³/mol. The van der Waals surface area contributed by atoms with E-state index >= 15 is 0 Å². The van der Waals surface area contributed by atoms with Gasteiger partial charge in [-0.2, -0.15) is 0 Å². The number of hydrogen-bond acceptors (Lipinski definition) is 5. The minimum atomic E-state index is 0.832. The Kier molecular flexibility index (Phi) is 5.58. The van der Waals surface area contributed by atoms with Crippen molar-refractivity contribution in [1.82, 2.24) is 24.5 Å². The van der Waals surface area contributed by atoms with E-state index in [-0.39, 0.29) is 0 Å². The lowest BCUT2D eigenvalue weighted by atomic mass is 10.1. The summed E-state index contributed by atoms with van der Waals surface area (Å²) in [6.45, 7) is 4.98. The Bertz CT molecular complexity index is 1030. The number of nitrogens with zero attached hydrogens (tertiary/aromatic N) is 5. The number of hydrogen-bond donors (Lipinski definition) is 0. The monoisotopic (exact) mass is 389 g/mol. The van der Waals surface area contributed by atoms with Crippen LogP contribution in [0.25, 0.3) is 22.5 Å². The standard InChI is InChI=1S/C22H23N5S/c1-3-19-23-12-18(13-24-19)22-21(17-8-5-4-6-9-17)25-15-27(22)11-7-10-20-26-16(2)14-28-20/h4-6,8-9,12-15H,3,7,10-11H2,1-2H3. The highest BCUT2D eigenvalue weighted by atomic mass is 32.1. The van der Waals surface area contributed by atoms with Gasteiger partial charge in [-0.15, -0.1) is 11.3 Å². The molecule has 0 unspecified atom stereocenters. The SMILES string of the molecule is CCc1ncc(-c2c(-c3ccccc3)ncn2CCCc2nc(C)cs2)cn1. The number of imidazole rings is 1. The van der Waals surface area contributed by atoms with Crippen LogP contribution in [0, 0.1) is 6.92 Å². The van der Waals surface area contributed by atoms with E-state index < -0.39 is 0 Å². The Morgan fingerprint density at radius 2 is 1.79 bits per heavy atom. The molecular formula is C22H23N5S. The smallest absolute Gasteiger partial charge is 0.127 e. The minimum absolute atomic E-state index is 0.832. The molecule has 3 aromatic heterocycles. The second-order valence-electron chi connectivity index (χ2n) is 6.73. The molecule has 0 saturated heterocycles. The van der Waals surface area contributed by atoms with Crippen LogP contribution in [0.15, 0.2) is 54.4 Å². The van der Waals surface area contributed by atoms with Gasteiger partial charge in [0.05, 0.1) is 22.7 Å². The first-order valence-corrected chi connectivity index (χ1v) is 10.5. The molecule has 0 amide bonds. The van der Waals surface area contributed by atoms with E-state index in [1.807, 2.05) is 43.8 Å².